The van der Waals surface area contributed by atoms with Gasteiger partial charge < -0.3 is 5.32 Å². The smallest absolute Gasteiger partial charge is 0.0869 e. The Bertz CT molecular complexity index is 147. The van der Waals surface area contributed by atoms with E-state index in [0.29, 0.717) is 12.8 Å². The van der Waals surface area contributed by atoms with Crippen molar-refractivity contribution >= 4 is 0 Å². The molecule has 0 saturated carbocycles. The molecule has 0 rings (SSSR count). The van der Waals surface area contributed by atoms with E-state index in [-0.39, 0.29) is 0 Å². The van der Waals surface area contributed by atoms with Gasteiger partial charge in [0.1, 0.15) is 0 Å². The van der Waals surface area contributed by atoms with Crippen LogP contribution in [0.15, 0.2) is 36.8 Å². The molecule has 0 aliphatic rings. The lowest BCUT2D eigenvalue weighted by Gasteiger charge is -1.90. The van der Waals surface area contributed by atoms with Crippen LogP contribution < -0.4 is 5.32 Å². The molecule has 0 spiro atoms. The number of allylic oxidation sites excluding steroid dienone is 3. The average Bonchev–Trinajstić information content (AvgIpc) is 1.89. The standard InChI is InChI=1S/C8H12FN/c1-8(5-6-9)4-3-7-10-2/h3,5-7,10H,1,4H2,2H3/b6-5+,7-3-. The lowest BCUT2D eigenvalue weighted by atomic mass is 10.2. The van der Waals surface area contributed by atoms with Gasteiger partial charge in [-0.05, 0) is 24.3 Å². The minimum atomic E-state index is 0.496. The molecular formula is C8H12FN. The highest BCUT2D eigenvalue weighted by molar-refractivity contribution is 5.15. The fraction of sp³-hybridized carbons (Fsp3) is 0.250. The van der Waals surface area contributed by atoms with Crippen LogP contribution in [0, 0.1) is 0 Å². The highest BCUT2D eigenvalue weighted by atomic mass is 19.1. The van der Waals surface area contributed by atoms with Gasteiger partial charge in [-0.1, -0.05) is 12.7 Å². The molecule has 0 bridgehead atoms. The Morgan fingerprint density at radius 1 is 1.70 bits per heavy atom. The molecule has 0 unspecified atom stereocenters. The number of hydrogen-bond acceptors (Lipinski definition) is 1. The van der Waals surface area contributed by atoms with Crippen molar-refractivity contribution in [2.24, 2.45) is 0 Å². The van der Waals surface area contributed by atoms with E-state index in [2.05, 4.69) is 11.9 Å². The first-order valence-corrected chi connectivity index (χ1v) is 3.08. The number of hydrogen-bond donors (Lipinski definition) is 1. The van der Waals surface area contributed by atoms with E-state index in [4.69, 9.17) is 0 Å². The van der Waals surface area contributed by atoms with Crippen molar-refractivity contribution in [2.45, 2.75) is 6.42 Å². The van der Waals surface area contributed by atoms with E-state index in [9.17, 15) is 4.39 Å². The lowest BCUT2D eigenvalue weighted by molar-refractivity contribution is 0.720. The monoisotopic (exact) mass is 141 g/mol. The largest absolute Gasteiger partial charge is 0.394 e. The van der Waals surface area contributed by atoms with E-state index in [1.807, 2.05) is 13.1 Å². The Labute approximate surface area is 60.9 Å². The van der Waals surface area contributed by atoms with Crippen LogP contribution in [-0.2, 0) is 0 Å². The summed E-state index contributed by atoms with van der Waals surface area (Å²) in [6.45, 7) is 3.61. The molecule has 1 N–H and O–H groups in total. The predicted octanol–water partition coefficient (Wildman–Crippen LogP) is 2.15. The summed E-state index contributed by atoms with van der Waals surface area (Å²) in [5.74, 6) is 0. The van der Waals surface area contributed by atoms with Crippen LogP contribution >= 0.6 is 0 Å². The van der Waals surface area contributed by atoms with Crippen LogP contribution in [-0.4, -0.2) is 7.05 Å². The second kappa shape index (κ2) is 6.08. The molecule has 56 valence electrons. The topological polar surface area (TPSA) is 12.0 Å². The summed E-state index contributed by atoms with van der Waals surface area (Å²) in [6, 6.07) is 0. The van der Waals surface area contributed by atoms with Crippen LogP contribution in [0.2, 0.25) is 0 Å². The van der Waals surface area contributed by atoms with Crippen LogP contribution in [0.1, 0.15) is 6.42 Å². The molecule has 0 aromatic rings. The van der Waals surface area contributed by atoms with Gasteiger partial charge in [0.15, 0.2) is 0 Å². The molecular weight excluding hydrogens is 129 g/mol. The SMILES string of the molecule is C=C(/C=C/F)C/C=C\NC. The van der Waals surface area contributed by atoms with Gasteiger partial charge in [0.2, 0.25) is 0 Å². The molecule has 1 nitrogen and oxygen atoms in total. The molecule has 0 aromatic carbocycles. The van der Waals surface area contributed by atoms with Crippen LogP contribution in [0.3, 0.4) is 0 Å². The summed E-state index contributed by atoms with van der Waals surface area (Å²) in [5, 5.41) is 2.83. The summed E-state index contributed by atoms with van der Waals surface area (Å²) in [4.78, 5) is 0. The van der Waals surface area contributed by atoms with E-state index < -0.39 is 0 Å². The van der Waals surface area contributed by atoms with E-state index in [1.54, 1.807) is 6.20 Å². The van der Waals surface area contributed by atoms with Crippen molar-refractivity contribution < 1.29 is 4.39 Å². The van der Waals surface area contributed by atoms with E-state index in [0.717, 1.165) is 5.57 Å². The normalized spacial score (nSPS) is 11.0. The number of nitrogens with one attached hydrogen (secondary N) is 1. The van der Waals surface area contributed by atoms with Gasteiger partial charge in [-0.2, -0.15) is 0 Å². The Morgan fingerprint density at radius 3 is 2.90 bits per heavy atom. The first-order valence-electron chi connectivity index (χ1n) is 3.08. The molecule has 2 heteroatoms. The first kappa shape index (κ1) is 8.95. The van der Waals surface area contributed by atoms with Gasteiger partial charge >= 0.3 is 0 Å². The Hall–Kier alpha value is -1.05. The zero-order chi connectivity index (χ0) is 7.82. The maximum atomic E-state index is 11.5. The highest BCUT2D eigenvalue weighted by Gasteiger charge is 1.81. The van der Waals surface area contributed by atoms with Gasteiger partial charge in [0, 0.05) is 7.05 Å². The highest BCUT2D eigenvalue weighted by Crippen LogP contribution is 1.99. The predicted molar refractivity (Wildman–Crippen MR) is 42.2 cm³/mol. The quantitative estimate of drug-likeness (QED) is 0.591. The average molecular weight is 141 g/mol. The number of halogens is 1. The lowest BCUT2D eigenvalue weighted by Crippen LogP contribution is -1.90. The Morgan fingerprint density at radius 2 is 2.40 bits per heavy atom. The summed E-state index contributed by atoms with van der Waals surface area (Å²) in [7, 11) is 1.81. The summed E-state index contributed by atoms with van der Waals surface area (Å²) < 4.78 is 11.5. The van der Waals surface area contributed by atoms with Gasteiger partial charge in [0.05, 0.1) is 6.33 Å². The minimum absolute atomic E-state index is 0.496. The van der Waals surface area contributed by atoms with Crippen molar-refractivity contribution in [2.75, 3.05) is 7.05 Å². The maximum absolute atomic E-state index is 11.5. The molecule has 0 amide bonds. The molecule has 0 aromatic heterocycles. The summed E-state index contributed by atoms with van der Waals surface area (Å²) in [6.07, 6.45) is 6.19. The van der Waals surface area contributed by atoms with Crippen LogP contribution in [0.25, 0.3) is 0 Å². The fourth-order valence-electron chi connectivity index (χ4n) is 0.485. The van der Waals surface area contributed by atoms with E-state index in [1.165, 1.54) is 6.08 Å². The van der Waals surface area contributed by atoms with Crippen molar-refractivity contribution in [3.8, 4) is 0 Å². The van der Waals surface area contributed by atoms with Crippen molar-refractivity contribution in [3.05, 3.63) is 36.8 Å². The second-order valence-corrected chi connectivity index (χ2v) is 1.85. The molecule has 0 saturated heterocycles. The zero-order valence-corrected chi connectivity index (χ0v) is 6.10. The van der Waals surface area contributed by atoms with Gasteiger partial charge in [-0.25, -0.2) is 4.39 Å². The number of rotatable bonds is 4. The summed E-state index contributed by atoms with van der Waals surface area (Å²) >= 11 is 0. The van der Waals surface area contributed by atoms with E-state index >= 15 is 0 Å². The molecule has 0 aliphatic heterocycles. The maximum Gasteiger partial charge on any atom is 0.0869 e. The molecule has 10 heavy (non-hydrogen) atoms. The molecule has 0 radical (unpaired) electrons. The second-order valence-electron chi connectivity index (χ2n) is 1.85. The van der Waals surface area contributed by atoms with Crippen molar-refractivity contribution in [1.82, 2.24) is 5.32 Å². The summed E-state index contributed by atoms with van der Waals surface area (Å²) in [5.41, 5.74) is 0.758. The third-order valence-corrected chi connectivity index (χ3v) is 0.963. The van der Waals surface area contributed by atoms with Crippen molar-refractivity contribution in [1.29, 1.82) is 0 Å². The molecule has 0 heterocycles. The molecule has 0 aliphatic carbocycles. The first-order chi connectivity index (χ1) is 4.81. The molecule has 0 atom stereocenters. The van der Waals surface area contributed by atoms with Crippen LogP contribution in [0.4, 0.5) is 4.39 Å². The van der Waals surface area contributed by atoms with Gasteiger partial charge in [-0.3, -0.25) is 0 Å². The zero-order valence-electron chi connectivity index (χ0n) is 6.10. The van der Waals surface area contributed by atoms with Crippen LogP contribution in [0.5, 0.6) is 0 Å². The fourth-order valence-corrected chi connectivity index (χ4v) is 0.485. The Kier molecular flexibility index (Phi) is 5.44. The third-order valence-electron chi connectivity index (χ3n) is 0.963. The van der Waals surface area contributed by atoms with Crippen molar-refractivity contribution in [3.63, 3.8) is 0 Å². The third kappa shape index (κ3) is 5.09. The molecule has 0 fully saturated rings. The van der Waals surface area contributed by atoms with Gasteiger partial charge in [0.25, 0.3) is 0 Å². The van der Waals surface area contributed by atoms with Gasteiger partial charge in [-0.15, -0.1) is 0 Å². The minimum Gasteiger partial charge on any atom is -0.394 e. The Balaban J connectivity index is 3.49.